The average Bonchev–Trinajstić information content (AvgIpc) is 3.29. The van der Waals surface area contributed by atoms with Crippen LogP contribution in [0.1, 0.15) is 41.0 Å². The van der Waals surface area contributed by atoms with E-state index in [-0.39, 0.29) is 30.1 Å². The monoisotopic (exact) mass is 366 g/mol. The maximum Gasteiger partial charge on any atom is 0.321 e. The van der Waals surface area contributed by atoms with E-state index in [0.29, 0.717) is 16.9 Å². The Morgan fingerprint density at radius 2 is 2.04 bits per heavy atom. The van der Waals surface area contributed by atoms with Crippen LogP contribution < -0.4 is 10.6 Å². The lowest BCUT2D eigenvalue weighted by Crippen LogP contribution is -2.51. The lowest BCUT2D eigenvalue weighted by atomic mass is 9.99. The molecule has 1 saturated carbocycles. The number of aromatic nitrogens is 4. The summed E-state index contributed by atoms with van der Waals surface area (Å²) in [6.45, 7) is 0.185. The molecule has 3 atom stereocenters. The lowest BCUT2D eigenvalue weighted by molar-refractivity contribution is -0.122. The zero-order valence-electron chi connectivity index (χ0n) is 14.1. The maximum atomic E-state index is 14.1. The van der Waals surface area contributed by atoms with Crippen molar-refractivity contribution in [3.8, 4) is 0 Å². The van der Waals surface area contributed by atoms with Crippen molar-refractivity contribution >= 4 is 17.6 Å². The molecule has 1 aliphatic carbocycles. The number of pyridine rings is 1. The maximum absolute atomic E-state index is 14.1. The standard InChI is InChI=1S/C18H15FN6O2/c19-14-8-20-2-1-9(14)10-5-11(10)12-6-15(24-25-4-3-21-16(12)25)13-7-22-18(27)23-17(13)26/h1-4,6,8,10-11,13H,5,7H2,(H2,22,23,26,27)/t10-,11+,13?/m1/s1. The van der Waals surface area contributed by atoms with Crippen LogP contribution in [0.4, 0.5) is 9.18 Å². The van der Waals surface area contributed by atoms with E-state index in [1.54, 1.807) is 29.2 Å². The highest BCUT2D eigenvalue weighted by atomic mass is 19.1. The summed E-state index contributed by atoms with van der Waals surface area (Å²) in [6, 6.07) is 3.05. The van der Waals surface area contributed by atoms with Gasteiger partial charge in [0.15, 0.2) is 5.65 Å². The molecular formula is C18H15FN6O2. The highest BCUT2D eigenvalue weighted by Gasteiger charge is 2.43. The first-order valence-corrected chi connectivity index (χ1v) is 8.64. The summed E-state index contributed by atoms with van der Waals surface area (Å²) < 4.78 is 15.7. The fraction of sp³-hybridized carbons (Fsp3) is 0.278. The fourth-order valence-electron chi connectivity index (χ4n) is 3.74. The van der Waals surface area contributed by atoms with Crippen molar-refractivity contribution in [3.05, 3.63) is 59.6 Å². The van der Waals surface area contributed by atoms with E-state index in [0.717, 1.165) is 12.0 Å². The number of carbonyl (C=O) groups excluding carboxylic acids is 2. The Labute approximate surface area is 152 Å². The number of imidazole rings is 1. The number of nitrogens with zero attached hydrogens (tertiary/aromatic N) is 4. The highest BCUT2D eigenvalue weighted by molar-refractivity contribution is 6.00. The minimum Gasteiger partial charge on any atom is -0.337 e. The first kappa shape index (κ1) is 15.9. The van der Waals surface area contributed by atoms with Crippen molar-refractivity contribution in [2.24, 2.45) is 0 Å². The van der Waals surface area contributed by atoms with Crippen LogP contribution in [-0.2, 0) is 4.79 Å². The predicted octanol–water partition coefficient (Wildman–Crippen LogP) is 1.46. The first-order chi connectivity index (χ1) is 13.1. The molecule has 2 fully saturated rings. The van der Waals surface area contributed by atoms with Crippen LogP contribution in [-0.4, -0.2) is 38.1 Å². The largest absolute Gasteiger partial charge is 0.337 e. The summed E-state index contributed by atoms with van der Waals surface area (Å²) in [4.78, 5) is 31.7. The normalized spacial score (nSPS) is 24.6. The molecule has 3 aromatic heterocycles. The van der Waals surface area contributed by atoms with Gasteiger partial charge in [-0.15, -0.1) is 0 Å². The molecule has 3 aromatic rings. The van der Waals surface area contributed by atoms with E-state index in [9.17, 15) is 14.0 Å². The van der Waals surface area contributed by atoms with E-state index >= 15 is 0 Å². The Kier molecular flexibility index (Phi) is 3.43. The zero-order chi connectivity index (χ0) is 18.5. The van der Waals surface area contributed by atoms with E-state index in [4.69, 9.17) is 0 Å². The Balaban J connectivity index is 1.53. The van der Waals surface area contributed by atoms with Crippen molar-refractivity contribution in [2.75, 3.05) is 6.54 Å². The number of rotatable bonds is 3. The highest BCUT2D eigenvalue weighted by Crippen LogP contribution is 2.56. The molecule has 3 amide bonds. The van der Waals surface area contributed by atoms with Crippen molar-refractivity contribution in [3.63, 3.8) is 0 Å². The molecular weight excluding hydrogens is 351 g/mol. The average molecular weight is 366 g/mol. The molecule has 1 unspecified atom stereocenters. The summed E-state index contributed by atoms with van der Waals surface area (Å²) in [5.74, 6) is -1.14. The van der Waals surface area contributed by atoms with Gasteiger partial charge in [0.1, 0.15) is 5.82 Å². The quantitative estimate of drug-likeness (QED) is 0.731. The zero-order valence-corrected chi connectivity index (χ0v) is 14.1. The molecule has 9 heteroatoms. The van der Waals surface area contributed by atoms with Crippen LogP contribution in [0.3, 0.4) is 0 Å². The molecule has 2 N–H and O–H groups in total. The van der Waals surface area contributed by atoms with Gasteiger partial charge in [-0.25, -0.2) is 18.7 Å². The fourth-order valence-corrected chi connectivity index (χ4v) is 3.74. The minimum atomic E-state index is -0.580. The molecule has 4 heterocycles. The summed E-state index contributed by atoms with van der Waals surface area (Å²) in [6.07, 6.45) is 6.96. The molecule has 2 aliphatic rings. The summed E-state index contributed by atoms with van der Waals surface area (Å²) >= 11 is 0. The second kappa shape index (κ2) is 5.83. The van der Waals surface area contributed by atoms with Gasteiger partial charge >= 0.3 is 6.03 Å². The first-order valence-electron chi connectivity index (χ1n) is 8.64. The van der Waals surface area contributed by atoms with Crippen LogP contribution in [0.5, 0.6) is 0 Å². The molecule has 136 valence electrons. The van der Waals surface area contributed by atoms with Gasteiger partial charge in [-0.2, -0.15) is 5.10 Å². The SMILES string of the molecule is O=C1NCC(c2cc([C@H]3C[C@@H]3c3ccncc3F)c3nccn3n2)C(=O)N1. The molecule has 1 saturated heterocycles. The Morgan fingerprint density at radius 1 is 1.19 bits per heavy atom. The number of amides is 3. The van der Waals surface area contributed by atoms with Crippen LogP contribution >= 0.6 is 0 Å². The van der Waals surface area contributed by atoms with Crippen molar-refractivity contribution < 1.29 is 14.0 Å². The Morgan fingerprint density at radius 3 is 2.85 bits per heavy atom. The van der Waals surface area contributed by atoms with Crippen LogP contribution in [0.15, 0.2) is 36.9 Å². The number of halogens is 1. The second-order valence-corrected chi connectivity index (χ2v) is 6.82. The number of urea groups is 1. The van der Waals surface area contributed by atoms with Crippen LogP contribution in [0.2, 0.25) is 0 Å². The molecule has 8 nitrogen and oxygen atoms in total. The van der Waals surface area contributed by atoms with Gasteiger partial charge in [0, 0.05) is 30.7 Å². The van der Waals surface area contributed by atoms with E-state index in [2.05, 4.69) is 25.7 Å². The molecule has 27 heavy (non-hydrogen) atoms. The topological polar surface area (TPSA) is 101 Å². The third kappa shape index (κ3) is 2.62. The van der Waals surface area contributed by atoms with Crippen LogP contribution in [0.25, 0.3) is 5.65 Å². The van der Waals surface area contributed by atoms with E-state index in [1.165, 1.54) is 6.20 Å². The van der Waals surface area contributed by atoms with E-state index in [1.807, 2.05) is 6.07 Å². The van der Waals surface area contributed by atoms with Gasteiger partial charge in [-0.3, -0.25) is 15.1 Å². The van der Waals surface area contributed by atoms with Gasteiger partial charge in [-0.05, 0) is 36.0 Å². The molecule has 0 radical (unpaired) electrons. The third-order valence-electron chi connectivity index (χ3n) is 5.18. The van der Waals surface area contributed by atoms with Gasteiger partial charge in [-0.1, -0.05) is 0 Å². The summed E-state index contributed by atoms with van der Waals surface area (Å²) in [5, 5.41) is 9.36. The number of carbonyl (C=O) groups is 2. The van der Waals surface area contributed by atoms with Crippen LogP contribution in [0, 0.1) is 5.82 Å². The molecule has 0 spiro atoms. The Bertz CT molecular complexity index is 1080. The third-order valence-corrected chi connectivity index (χ3v) is 5.18. The van der Waals surface area contributed by atoms with Gasteiger partial charge in [0.2, 0.25) is 5.91 Å². The van der Waals surface area contributed by atoms with Crippen molar-refractivity contribution in [1.82, 2.24) is 30.2 Å². The minimum absolute atomic E-state index is 0.0450. The predicted molar refractivity (Wildman–Crippen MR) is 91.6 cm³/mol. The lowest BCUT2D eigenvalue weighted by Gasteiger charge is -2.22. The molecule has 0 aromatic carbocycles. The number of nitrogens with one attached hydrogen (secondary N) is 2. The molecule has 1 aliphatic heterocycles. The van der Waals surface area contributed by atoms with E-state index < -0.39 is 11.9 Å². The summed E-state index contributed by atoms with van der Waals surface area (Å²) in [7, 11) is 0. The smallest absolute Gasteiger partial charge is 0.321 e. The van der Waals surface area contributed by atoms with Crippen molar-refractivity contribution in [1.29, 1.82) is 0 Å². The van der Waals surface area contributed by atoms with Gasteiger partial charge in [0.05, 0.1) is 17.8 Å². The molecule has 5 rings (SSSR count). The molecule has 0 bridgehead atoms. The number of hydrogen-bond acceptors (Lipinski definition) is 5. The number of imide groups is 1. The number of fused-ring (bicyclic) bond motifs is 1. The second-order valence-electron chi connectivity index (χ2n) is 6.82. The van der Waals surface area contributed by atoms with Crippen molar-refractivity contribution in [2.45, 2.75) is 24.2 Å². The Hall–Kier alpha value is -3.36. The number of hydrogen-bond donors (Lipinski definition) is 2. The van der Waals surface area contributed by atoms with Gasteiger partial charge < -0.3 is 5.32 Å². The van der Waals surface area contributed by atoms with Gasteiger partial charge in [0.25, 0.3) is 0 Å². The summed E-state index contributed by atoms with van der Waals surface area (Å²) in [5.41, 5.74) is 2.81.